The number of carbonyl (C=O) groups excluding carboxylic acids is 1. The highest BCUT2D eigenvalue weighted by atomic mass is 16.6. The summed E-state index contributed by atoms with van der Waals surface area (Å²) in [6.07, 6.45) is 8.22. The molecule has 6 heteroatoms. The van der Waals surface area contributed by atoms with Crippen molar-refractivity contribution in [2.45, 2.75) is 110 Å². The molecule has 0 radical (unpaired) electrons. The average Bonchev–Trinajstić information content (AvgIpc) is 2.88. The highest BCUT2D eigenvalue weighted by Crippen LogP contribution is 2.70. The van der Waals surface area contributed by atoms with E-state index in [0.717, 1.165) is 38.4 Å². The monoisotopic (exact) mass is 488 g/mol. The maximum atomic E-state index is 12.7. The van der Waals surface area contributed by atoms with Crippen molar-refractivity contribution in [3.05, 3.63) is 11.6 Å². The topological polar surface area (TPSA) is 104 Å². The maximum Gasteiger partial charge on any atom is 0.310 e. The molecule has 10 unspecified atom stereocenters. The Morgan fingerprint density at radius 1 is 1.00 bits per heavy atom. The molecule has 0 aromatic carbocycles. The van der Waals surface area contributed by atoms with Crippen LogP contribution in [-0.2, 0) is 14.3 Å². The molecule has 4 aliphatic carbocycles. The van der Waals surface area contributed by atoms with Crippen LogP contribution in [-0.4, -0.2) is 45.6 Å². The molecule has 4 fully saturated rings. The number of ether oxygens (including phenoxy) is 1. The average molecular weight is 489 g/mol. The first-order valence-electron chi connectivity index (χ1n) is 13.7. The number of aliphatic carboxylic acids is 1. The lowest BCUT2D eigenvalue weighted by molar-refractivity contribution is -0.185. The molecule has 3 N–H and O–H groups in total. The third kappa shape index (κ3) is 3.45. The minimum absolute atomic E-state index is 0.166. The summed E-state index contributed by atoms with van der Waals surface area (Å²) >= 11 is 0. The second kappa shape index (κ2) is 7.88. The van der Waals surface area contributed by atoms with Crippen molar-refractivity contribution in [3.8, 4) is 0 Å². The second-order valence-electron chi connectivity index (χ2n) is 14.1. The quantitative estimate of drug-likeness (QED) is 0.384. The van der Waals surface area contributed by atoms with E-state index in [1.807, 2.05) is 0 Å². The van der Waals surface area contributed by atoms with Crippen LogP contribution in [0.3, 0.4) is 0 Å². The van der Waals surface area contributed by atoms with E-state index in [-0.39, 0.29) is 28.1 Å². The smallest absolute Gasteiger partial charge is 0.310 e. The van der Waals surface area contributed by atoms with Crippen molar-refractivity contribution in [1.82, 2.24) is 0 Å². The molecule has 1 aliphatic heterocycles. The predicted molar refractivity (Wildman–Crippen MR) is 131 cm³/mol. The Bertz CT molecular complexity index is 941. The van der Waals surface area contributed by atoms with Crippen molar-refractivity contribution in [1.29, 1.82) is 0 Å². The van der Waals surface area contributed by atoms with Gasteiger partial charge >= 0.3 is 5.97 Å². The summed E-state index contributed by atoms with van der Waals surface area (Å²) in [4.78, 5) is 24.6. The third-order valence-corrected chi connectivity index (χ3v) is 11.9. The van der Waals surface area contributed by atoms with Crippen LogP contribution in [0.1, 0.15) is 92.4 Å². The van der Waals surface area contributed by atoms with Crippen LogP contribution in [0.15, 0.2) is 11.6 Å². The SMILES string of the molecule is CC1(C=O)CC2CCC3C(CC=C4C5C(O)C(C)(C)CCC5(C(=O)O)CCC43C)C2(C)CC(O)O1. The molecule has 1 saturated heterocycles. The molecule has 5 aliphatic rings. The van der Waals surface area contributed by atoms with Gasteiger partial charge in [0.2, 0.25) is 0 Å². The van der Waals surface area contributed by atoms with E-state index in [2.05, 4.69) is 33.8 Å². The molecule has 0 amide bonds. The summed E-state index contributed by atoms with van der Waals surface area (Å²) in [6.45, 7) is 10.5. The van der Waals surface area contributed by atoms with Gasteiger partial charge < -0.3 is 24.9 Å². The van der Waals surface area contributed by atoms with E-state index in [0.29, 0.717) is 37.5 Å². The van der Waals surface area contributed by atoms with Crippen LogP contribution in [0.25, 0.3) is 0 Å². The first-order chi connectivity index (χ1) is 16.2. The summed E-state index contributed by atoms with van der Waals surface area (Å²) in [6, 6.07) is 0. The number of carbonyl (C=O) groups is 2. The third-order valence-electron chi connectivity index (χ3n) is 11.9. The first kappa shape index (κ1) is 25.4. The summed E-state index contributed by atoms with van der Waals surface area (Å²) in [5, 5.41) is 32.8. The Morgan fingerprint density at radius 3 is 2.34 bits per heavy atom. The summed E-state index contributed by atoms with van der Waals surface area (Å²) in [5.41, 5.74) is -1.31. The lowest BCUT2D eigenvalue weighted by Gasteiger charge is -2.64. The fraction of sp³-hybridized carbons (Fsp3) is 0.862. The minimum atomic E-state index is -0.968. The van der Waals surface area contributed by atoms with Crippen molar-refractivity contribution in [2.75, 3.05) is 0 Å². The van der Waals surface area contributed by atoms with E-state index < -0.39 is 29.4 Å². The van der Waals surface area contributed by atoms with Crippen LogP contribution >= 0.6 is 0 Å². The van der Waals surface area contributed by atoms with Crippen molar-refractivity contribution < 1.29 is 29.6 Å². The number of fused-ring (bicyclic) bond motifs is 7. The highest BCUT2D eigenvalue weighted by Gasteiger charge is 2.66. The molecule has 35 heavy (non-hydrogen) atoms. The Hall–Kier alpha value is -1.24. The van der Waals surface area contributed by atoms with Gasteiger partial charge in [0.1, 0.15) is 5.60 Å². The molecule has 0 aromatic rings. The number of aliphatic hydroxyl groups is 2. The van der Waals surface area contributed by atoms with Gasteiger partial charge in [-0.1, -0.05) is 39.3 Å². The van der Waals surface area contributed by atoms with Crippen LogP contribution in [0.5, 0.6) is 0 Å². The van der Waals surface area contributed by atoms with Gasteiger partial charge in [0.15, 0.2) is 12.6 Å². The number of rotatable bonds is 2. The molecular formula is C29H44O6. The standard InChI is InChI=1S/C29H44O6/c1-25(2)10-12-29(24(33)34)13-11-27(4)18-7-6-17-14-26(3,16-30)35-21(31)15-28(17,5)19(18)8-9-20(27)22(29)23(25)32/h9,16-19,21-23,31-32H,6-8,10-15H2,1-5H3,(H,33,34). The largest absolute Gasteiger partial charge is 0.481 e. The van der Waals surface area contributed by atoms with E-state index in [4.69, 9.17) is 4.74 Å². The number of aldehydes is 1. The summed E-state index contributed by atoms with van der Waals surface area (Å²) in [7, 11) is 0. The zero-order valence-corrected chi connectivity index (χ0v) is 22.0. The van der Waals surface area contributed by atoms with Gasteiger partial charge in [0, 0.05) is 12.3 Å². The normalized spacial score (nSPS) is 53.1. The van der Waals surface area contributed by atoms with Gasteiger partial charge in [-0.2, -0.15) is 0 Å². The Labute approximate surface area is 209 Å². The maximum absolute atomic E-state index is 12.7. The Balaban J connectivity index is 1.56. The highest BCUT2D eigenvalue weighted by molar-refractivity contribution is 5.77. The van der Waals surface area contributed by atoms with Gasteiger partial charge in [-0.3, -0.25) is 4.79 Å². The number of carboxylic acid groups (broad SMARTS) is 1. The predicted octanol–water partition coefficient (Wildman–Crippen LogP) is 4.72. The molecule has 196 valence electrons. The van der Waals surface area contributed by atoms with Gasteiger partial charge in [0.25, 0.3) is 0 Å². The molecule has 0 spiro atoms. The van der Waals surface area contributed by atoms with Crippen LogP contribution in [0.4, 0.5) is 0 Å². The lowest BCUT2D eigenvalue weighted by Crippen LogP contribution is -2.62. The number of carboxylic acids is 1. The number of hydrogen-bond acceptors (Lipinski definition) is 5. The number of aliphatic hydroxyl groups excluding tert-OH is 2. The van der Waals surface area contributed by atoms with Gasteiger partial charge in [-0.25, -0.2) is 0 Å². The molecule has 6 nitrogen and oxygen atoms in total. The zero-order valence-electron chi connectivity index (χ0n) is 22.0. The minimum Gasteiger partial charge on any atom is -0.481 e. The number of allylic oxidation sites excluding steroid dienone is 1. The zero-order chi connectivity index (χ0) is 25.6. The van der Waals surface area contributed by atoms with Crippen molar-refractivity contribution >= 4 is 12.3 Å². The lowest BCUT2D eigenvalue weighted by atomic mass is 9.39. The van der Waals surface area contributed by atoms with Crippen LogP contribution in [0, 0.1) is 45.3 Å². The van der Waals surface area contributed by atoms with E-state index in [1.165, 1.54) is 5.57 Å². The van der Waals surface area contributed by atoms with Gasteiger partial charge in [0.05, 0.1) is 11.5 Å². The van der Waals surface area contributed by atoms with E-state index in [1.54, 1.807) is 6.92 Å². The Morgan fingerprint density at radius 2 is 1.69 bits per heavy atom. The molecule has 5 rings (SSSR count). The summed E-state index contributed by atoms with van der Waals surface area (Å²) in [5.74, 6) is -0.130. The fourth-order valence-electron chi connectivity index (χ4n) is 9.56. The van der Waals surface area contributed by atoms with Crippen LogP contribution in [0.2, 0.25) is 0 Å². The fourth-order valence-corrected chi connectivity index (χ4v) is 9.56. The van der Waals surface area contributed by atoms with Crippen molar-refractivity contribution in [2.24, 2.45) is 45.3 Å². The summed E-state index contributed by atoms with van der Waals surface area (Å²) < 4.78 is 5.84. The molecule has 0 bridgehead atoms. The van der Waals surface area contributed by atoms with Crippen molar-refractivity contribution in [3.63, 3.8) is 0 Å². The molecule has 10 atom stereocenters. The molecular weight excluding hydrogens is 444 g/mol. The van der Waals surface area contributed by atoms with E-state index in [9.17, 15) is 24.9 Å². The second-order valence-corrected chi connectivity index (χ2v) is 14.1. The van der Waals surface area contributed by atoms with Gasteiger partial charge in [-0.15, -0.1) is 0 Å². The van der Waals surface area contributed by atoms with E-state index >= 15 is 0 Å². The van der Waals surface area contributed by atoms with Gasteiger partial charge in [-0.05, 0) is 92.3 Å². The number of hydrogen-bond donors (Lipinski definition) is 3. The molecule has 0 aromatic heterocycles. The molecule has 3 saturated carbocycles. The Kier molecular flexibility index (Phi) is 5.72. The van der Waals surface area contributed by atoms with Crippen LogP contribution < -0.4 is 0 Å². The molecule has 1 heterocycles. The first-order valence-corrected chi connectivity index (χ1v) is 13.7.